The first-order valence-electron chi connectivity index (χ1n) is 7.12. The van der Waals surface area contributed by atoms with Gasteiger partial charge in [0.15, 0.2) is 0 Å². The molecule has 17 heavy (non-hydrogen) atoms. The fourth-order valence-corrected chi connectivity index (χ4v) is 2.64. The highest BCUT2D eigenvalue weighted by atomic mass is 16.5. The first kappa shape index (κ1) is 14.9. The topological polar surface area (TPSA) is 24.5 Å². The van der Waals surface area contributed by atoms with Gasteiger partial charge in [0.2, 0.25) is 0 Å². The van der Waals surface area contributed by atoms with Crippen molar-refractivity contribution in [1.82, 2.24) is 10.2 Å². The molecule has 1 N–H and O–H groups in total. The van der Waals surface area contributed by atoms with Crippen molar-refractivity contribution in [3.8, 4) is 0 Å². The largest absolute Gasteiger partial charge is 0.377 e. The van der Waals surface area contributed by atoms with Gasteiger partial charge in [0.25, 0.3) is 0 Å². The molecule has 0 bridgehead atoms. The van der Waals surface area contributed by atoms with Crippen LogP contribution in [0.1, 0.15) is 41.0 Å². The molecule has 1 saturated heterocycles. The molecule has 0 aromatic carbocycles. The molecule has 1 fully saturated rings. The quantitative estimate of drug-likeness (QED) is 0.772. The summed E-state index contributed by atoms with van der Waals surface area (Å²) in [5.74, 6) is 0.770. The zero-order valence-corrected chi connectivity index (χ0v) is 12.2. The summed E-state index contributed by atoms with van der Waals surface area (Å²) in [6, 6.07) is 1.28. The van der Waals surface area contributed by atoms with Crippen molar-refractivity contribution in [3.05, 3.63) is 0 Å². The highest BCUT2D eigenvalue weighted by molar-refractivity contribution is 4.85. The van der Waals surface area contributed by atoms with Crippen LogP contribution in [-0.2, 0) is 4.74 Å². The van der Waals surface area contributed by atoms with Gasteiger partial charge in [0, 0.05) is 38.3 Å². The third-order valence-corrected chi connectivity index (χ3v) is 3.48. The van der Waals surface area contributed by atoms with Crippen molar-refractivity contribution in [2.75, 3.05) is 26.2 Å². The van der Waals surface area contributed by atoms with Gasteiger partial charge >= 0.3 is 0 Å². The Hall–Kier alpha value is -0.120. The van der Waals surface area contributed by atoms with E-state index in [9.17, 15) is 0 Å². The monoisotopic (exact) mass is 242 g/mol. The predicted molar refractivity (Wildman–Crippen MR) is 73.4 cm³/mol. The Bertz CT molecular complexity index is 208. The molecule has 102 valence electrons. The molecule has 3 atom stereocenters. The summed E-state index contributed by atoms with van der Waals surface area (Å²) < 4.78 is 5.65. The van der Waals surface area contributed by atoms with Crippen LogP contribution in [0.2, 0.25) is 0 Å². The summed E-state index contributed by atoms with van der Waals surface area (Å²) in [6.45, 7) is 15.3. The van der Waals surface area contributed by atoms with Crippen LogP contribution in [0.4, 0.5) is 0 Å². The average Bonchev–Trinajstić information content (AvgIpc) is 2.22. The zero-order chi connectivity index (χ0) is 12.8. The number of piperazine rings is 1. The van der Waals surface area contributed by atoms with Crippen LogP contribution >= 0.6 is 0 Å². The molecule has 1 rings (SSSR count). The van der Waals surface area contributed by atoms with Crippen LogP contribution in [0.25, 0.3) is 0 Å². The number of rotatable bonds is 6. The van der Waals surface area contributed by atoms with Gasteiger partial charge in [0.05, 0.1) is 6.10 Å². The highest BCUT2D eigenvalue weighted by Gasteiger charge is 2.26. The van der Waals surface area contributed by atoms with Crippen LogP contribution in [-0.4, -0.2) is 49.3 Å². The van der Waals surface area contributed by atoms with Crippen LogP contribution in [0.3, 0.4) is 0 Å². The molecule has 0 saturated carbocycles. The minimum atomic E-state index is 0.347. The second kappa shape index (κ2) is 7.34. The number of ether oxygens (including phenoxy) is 1. The van der Waals surface area contributed by atoms with Crippen LogP contribution in [0, 0.1) is 5.92 Å². The van der Waals surface area contributed by atoms with Gasteiger partial charge in [-0.05, 0) is 33.1 Å². The Morgan fingerprint density at radius 1 is 1.35 bits per heavy atom. The molecule has 1 heterocycles. The van der Waals surface area contributed by atoms with E-state index in [0.29, 0.717) is 18.2 Å². The third-order valence-electron chi connectivity index (χ3n) is 3.48. The summed E-state index contributed by atoms with van der Waals surface area (Å²) >= 11 is 0. The summed E-state index contributed by atoms with van der Waals surface area (Å²) in [5.41, 5.74) is 0. The minimum absolute atomic E-state index is 0.347. The van der Waals surface area contributed by atoms with Crippen molar-refractivity contribution in [2.24, 2.45) is 5.92 Å². The number of nitrogens with zero attached hydrogens (tertiary/aromatic N) is 1. The summed E-state index contributed by atoms with van der Waals surface area (Å²) in [4.78, 5) is 2.57. The van der Waals surface area contributed by atoms with Gasteiger partial charge in [-0.1, -0.05) is 13.8 Å². The molecule has 0 spiro atoms. The van der Waals surface area contributed by atoms with E-state index in [1.54, 1.807) is 0 Å². The maximum atomic E-state index is 5.65. The van der Waals surface area contributed by atoms with E-state index in [1.165, 1.54) is 6.42 Å². The Labute approximate surface area is 107 Å². The molecule has 1 aliphatic rings. The van der Waals surface area contributed by atoms with Gasteiger partial charge in [-0.25, -0.2) is 0 Å². The molecule has 0 aromatic heterocycles. The lowest BCUT2D eigenvalue weighted by atomic mass is 10.00. The fourth-order valence-electron chi connectivity index (χ4n) is 2.64. The maximum absolute atomic E-state index is 5.65. The number of nitrogens with one attached hydrogen (secondary N) is 1. The van der Waals surface area contributed by atoms with Gasteiger partial charge in [0.1, 0.15) is 0 Å². The average molecular weight is 242 g/mol. The first-order chi connectivity index (χ1) is 8.02. The van der Waals surface area contributed by atoms with Crippen molar-refractivity contribution in [2.45, 2.75) is 59.2 Å². The van der Waals surface area contributed by atoms with Crippen LogP contribution in [0.15, 0.2) is 0 Å². The first-order valence-corrected chi connectivity index (χ1v) is 7.12. The molecular weight excluding hydrogens is 212 g/mol. The predicted octanol–water partition coefficient (Wildman–Crippen LogP) is 2.12. The minimum Gasteiger partial charge on any atom is -0.377 e. The highest BCUT2D eigenvalue weighted by Crippen LogP contribution is 2.14. The van der Waals surface area contributed by atoms with Crippen LogP contribution < -0.4 is 5.32 Å². The normalized spacial score (nSPS) is 28.6. The molecule has 0 radical (unpaired) electrons. The van der Waals surface area contributed by atoms with E-state index < -0.39 is 0 Å². The van der Waals surface area contributed by atoms with Gasteiger partial charge in [-0.3, -0.25) is 4.90 Å². The van der Waals surface area contributed by atoms with E-state index in [2.05, 4.69) is 44.8 Å². The Morgan fingerprint density at radius 3 is 2.65 bits per heavy atom. The molecule has 3 unspecified atom stereocenters. The van der Waals surface area contributed by atoms with Crippen molar-refractivity contribution >= 4 is 0 Å². The van der Waals surface area contributed by atoms with E-state index in [4.69, 9.17) is 4.74 Å². The fraction of sp³-hybridized carbons (Fsp3) is 1.00. The summed E-state index contributed by atoms with van der Waals surface area (Å²) in [6.07, 6.45) is 1.62. The Morgan fingerprint density at radius 2 is 2.06 bits per heavy atom. The van der Waals surface area contributed by atoms with Gasteiger partial charge < -0.3 is 10.1 Å². The molecule has 3 heteroatoms. The number of hydrogen-bond donors (Lipinski definition) is 1. The van der Waals surface area contributed by atoms with Crippen molar-refractivity contribution < 1.29 is 4.74 Å². The molecule has 0 amide bonds. The molecular formula is C14H30N2O. The molecule has 3 nitrogen and oxygen atoms in total. The Balaban J connectivity index is 2.40. The maximum Gasteiger partial charge on any atom is 0.0673 e. The van der Waals surface area contributed by atoms with Crippen LogP contribution in [0.5, 0.6) is 0 Å². The zero-order valence-electron chi connectivity index (χ0n) is 12.2. The lowest BCUT2D eigenvalue weighted by Crippen LogP contribution is -2.57. The van der Waals surface area contributed by atoms with Gasteiger partial charge in [-0.15, -0.1) is 0 Å². The van der Waals surface area contributed by atoms with E-state index in [1.807, 2.05) is 0 Å². The SMILES string of the molecule is CCOC(C)CN1CC(CC(C)C)NCC1C. The summed E-state index contributed by atoms with van der Waals surface area (Å²) in [5, 5.41) is 3.65. The van der Waals surface area contributed by atoms with Crippen molar-refractivity contribution in [3.63, 3.8) is 0 Å². The second-order valence-electron chi connectivity index (χ2n) is 5.80. The molecule has 0 aliphatic carbocycles. The van der Waals surface area contributed by atoms with Crippen molar-refractivity contribution in [1.29, 1.82) is 0 Å². The third kappa shape index (κ3) is 5.36. The van der Waals surface area contributed by atoms with E-state index >= 15 is 0 Å². The lowest BCUT2D eigenvalue weighted by Gasteiger charge is -2.40. The smallest absolute Gasteiger partial charge is 0.0673 e. The van der Waals surface area contributed by atoms with E-state index in [0.717, 1.165) is 32.2 Å². The lowest BCUT2D eigenvalue weighted by molar-refractivity contribution is 0.0218. The molecule has 0 aromatic rings. The summed E-state index contributed by atoms with van der Waals surface area (Å²) in [7, 11) is 0. The molecule has 1 aliphatic heterocycles. The second-order valence-corrected chi connectivity index (χ2v) is 5.80. The van der Waals surface area contributed by atoms with E-state index in [-0.39, 0.29) is 0 Å². The number of hydrogen-bond acceptors (Lipinski definition) is 3. The standard InChI is InChI=1S/C14H30N2O/c1-6-17-13(5)9-16-10-14(7-11(2)3)15-8-12(16)4/h11-15H,6-10H2,1-5H3. The van der Waals surface area contributed by atoms with Gasteiger partial charge in [-0.2, -0.15) is 0 Å². The Kier molecular flexibility index (Phi) is 6.45.